The molecule has 0 saturated carbocycles. The van der Waals surface area contributed by atoms with Crippen LogP contribution in [0.3, 0.4) is 0 Å². The molecule has 5 nitrogen and oxygen atoms in total. The molecular formula is C25H25N2O3P+2. The van der Waals surface area contributed by atoms with E-state index in [2.05, 4.69) is 61.1 Å². The second-order valence-electron chi connectivity index (χ2n) is 7.79. The number of nitrogens with zero attached hydrogens (tertiary/aromatic N) is 2. The largest absolute Gasteiger partial charge is 0.330 e. The van der Waals surface area contributed by atoms with Crippen LogP contribution < -0.4 is 9.13 Å². The highest BCUT2D eigenvalue weighted by molar-refractivity contribution is 7.50. The summed E-state index contributed by atoms with van der Waals surface area (Å²) in [6.45, 7) is 4.20. The molecule has 2 N–H and O–H groups in total. The minimum atomic E-state index is -4.14. The molecule has 156 valence electrons. The molecule has 0 saturated heterocycles. The molecule has 0 aliphatic carbocycles. The fraction of sp³-hybridized carbons (Fsp3) is 0.120. The van der Waals surface area contributed by atoms with Crippen molar-refractivity contribution in [3.63, 3.8) is 0 Å². The molecule has 0 spiro atoms. The molecule has 2 aromatic carbocycles. The lowest BCUT2D eigenvalue weighted by molar-refractivity contribution is -0.596. The van der Waals surface area contributed by atoms with E-state index >= 15 is 0 Å². The Morgan fingerprint density at radius 2 is 1.26 bits per heavy atom. The van der Waals surface area contributed by atoms with Crippen molar-refractivity contribution < 1.29 is 23.5 Å². The van der Waals surface area contributed by atoms with E-state index in [1.807, 2.05) is 41.2 Å². The Bertz CT molecular complexity index is 1240. The minimum absolute atomic E-state index is 0.283. The third-order valence-corrected chi connectivity index (χ3v) is 5.90. The summed E-state index contributed by atoms with van der Waals surface area (Å²) in [6.07, 6.45) is 7.66. The Labute approximate surface area is 182 Å². The van der Waals surface area contributed by atoms with Gasteiger partial charge in [0, 0.05) is 48.0 Å². The van der Waals surface area contributed by atoms with E-state index in [0.717, 1.165) is 22.5 Å². The van der Waals surface area contributed by atoms with Crippen LogP contribution in [0.4, 0.5) is 0 Å². The summed E-state index contributed by atoms with van der Waals surface area (Å²) in [6, 6.07) is 21.9. The third-order valence-electron chi connectivity index (χ3n) is 5.14. The Kier molecular flexibility index (Phi) is 5.84. The molecule has 0 radical (unpaired) electrons. The van der Waals surface area contributed by atoms with Gasteiger partial charge < -0.3 is 9.79 Å². The van der Waals surface area contributed by atoms with E-state index < -0.39 is 7.60 Å². The van der Waals surface area contributed by atoms with Crippen molar-refractivity contribution in [3.05, 3.63) is 108 Å². The predicted molar refractivity (Wildman–Crippen MR) is 120 cm³/mol. The zero-order valence-corrected chi connectivity index (χ0v) is 18.4. The van der Waals surface area contributed by atoms with Crippen molar-refractivity contribution in [2.75, 3.05) is 0 Å². The minimum Gasteiger partial charge on any atom is -0.324 e. The molecule has 2 heterocycles. The van der Waals surface area contributed by atoms with Crippen LogP contribution >= 0.6 is 7.60 Å². The van der Waals surface area contributed by atoms with Gasteiger partial charge in [0.25, 0.3) is 0 Å². The van der Waals surface area contributed by atoms with Gasteiger partial charge in [-0.25, -0.2) is 0 Å². The maximum Gasteiger partial charge on any atom is 0.330 e. The lowest BCUT2D eigenvalue weighted by Crippen LogP contribution is -2.31. The number of benzene rings is 2. The first-order valence-electron chi connectivity index (χ1n) is 10.0. The van der Waals surface area contributed by atoms with Crippen LogP contribution in [-0.4, -0.2) is 9.79 Å². The van der Waals surface area contributed by atoms with Gasteiger partial charge in [0.1, 0.15) is 0 Å². The van der Waals surface area contributed by atoms with Gasteiger partial charge in [0.2, 0.25) is 11.4 Å². The van der Waals surface area contributed by atoms with Gasteiger partial charge in [-0.3, -0.25) is 4.57 Å². The number of hydrogen-bond acceptors (Lipinski definition) is 1. The van der Waals surface area contributed by atoms with Gasteiger partial charge in [-0.15, -0.1) is 0 Å². The van der Waals surface area contributed by atoms with E-state index in [1.54, 1.807) is 12.1 Å². The molecule has 4 aromatic rings. The van der Waals surface area contributed by atoms with E-state index in [1.165, 1.54) is 11.1 Å². The van der Waals surface area contributed by atoms with Crippen molar-refractivity contribution in [3.8, 4) is 22.5 Å². The topological polar surface area (TPSA) is 65.3 Å². The maximum absolute atomic E-state index is 11.5. The van der Waals surface area contributed by atoms with Crippen LogP contribution in [0.5, 0.6) is 0 Å². The maximum atomic E-state index is 11.5. The first kappa shape index (κ1) is 21.1. The number of rotatable bonds is 5. The second kappa shape index (κ2) is 8.56. The Morgan fingerprint density at radius 3 is 1.81 bits per heavy atom. The van der Waals surface area contributed by atoms with Crippen molar-refractivity contribution in [2.24, 2.45) is 0 Å². The molecule has 0 aliphatic heterocycles. The quantitative estimate of drug-likeness (QED) is 0.367. The highest BCUT2D eigenvalue weighted by Gasteiger charge is 2.21. The Hall–Kier alpha value is -3.11. The second-order valence-corrected chi connectivity index (χ2v) is 9.43. The molecule has 31 heavy (non-hydrogen) atoms. The van der Waals surface area contributed by atoms with Crippen LogP contribution in [0.15, 0.2) is 91.5 Å². The van der Waals surface area contributed by atoms with E-state index in [9.17, 15) is 14.4 Å². The number of para-hydroxylation sites is 1. The first-order valence-corrected chi connectivity index (χ1v) is 11.8. The van der Waals surface area contributed by atoms with Crippen LogP contribution in [0, 0.1) is 13.8 Å². The van der Waals surface area contributed by atoms with Gasteiger partial charge in [-0.1, -0.05) is 24.3 Å². The summed E-state index contributed by atoms with van der Waals surface area (Å²) >= 11 is 0. The Morgan fingerprint density at radius 1 is 0.742 bits per heavy atom. The molecule has 0 amide bonds. The van der Waals surface area contributed by atoms with Crippen LogP contribution in [0.1, 0.15) is 16.7 Å². The van der Waals surface area contributed by atoms with Crippen molar-refractivity contribution in [2.45, 2.75) is 20.0 Å². The van der Waals surface area contributed by atoms with Gasteiger partial charge in [0.05, 0.1) is 6.16 Å². The number of aryl methyl sites for hydroxylation is 2. The molecule has 0 unspecified atom stereocenters. The summed E-state index contributed by atoms with van der Waals surface area (Å²) in [5.74, 6) is 0. The van der Waals surface area contributed by atoms with Gasteiger partial charge in [0.15, 0.2) is 24.8 Å². The summed E-state index contributed by atoms with van der Waals surface area (Å²) in [5.41, 5.74) is 7.14. The average molecular weight is 432 g/mol. The van der Waals surface area contributed by atoms with E-state index in [0.29, 0.717) is 5.56 Å². The van der Waals surface area contributed by atoms with Gasteiger partial charge in [-0.2, -0.15) is 9.13 Å². The summed E-state index contributed by atoms with van der Waals surface area (Å²) in [4.78, 5) is 18.7. The summed E-state index contributed by atoms with van der Waals surface area (Å²) in [5, 5.41) is 0. The standard InChI is InChI=1S/C25H23N2O3P/c1-19-15-20(2)17-24(16-19)26-11-7-21(8-12-26)22-9-13-27(14-10-22)25-6-4-3-5-23(25)18-31(28,29)30/h3-17H,18H2,1-2H3/p+2. The molecular weight excluding hydrogens is 407 g/mol. The molecule has 0 aliphatic rings. The van der Waals surface area contributed by atoms with Crippen molar-refractivity contribution >= 4 is 7.60 Å². The lowest BCUT2D eigenvalue weighted by atomic mass is 10.1. The highest BCUT2D eigenvalue weighted by atomic mass is 31.2. The fourth-order valence-electron chi connectivity index (χ4n) is 3.79. The van der Waals surface area contributed by atoms with Crippen LogP contribution in [0.2, 0.25) is 0 Å². The zero-order chi connectivity index (χ0) is 22.0. The van der Waals surface area contributed by atoms with Crippen molar-refractivity contribution in [1.29, 1.82) is 0 Å². The highest BCUT2D eigenvalue weighted by Crippen LogP contribution is 2.39. The normalized spacial score (nSPS) is 11.5. The zero-order valence-electron chi connectivity index (χ0n) is 17.5. The van der Waals surface area contributed by atoms with Crippen LogP contribution in [0.25, 0.3) is 22.5 Å². The van der Waals surface area contributed by atoms with E-state index in [-0.39, 0.29) is 6.16 Å². The predicted octanol–water partition coefficient (Wildman–Crippen LogP) is 4.20. The number of hydrogen-bond donors (Lipinski definition) is 2. The number of aromatic nitrogens is 2. The average Bonchev–Trinajstić information content (AvgIpc) is 2.73. The molecule has 4 rings (SSSR count). The monoisotopic (exact) mass is 432 g/mol. The number of pyridine rings is 2. The first-order chi connectivity index (χ1) is 14.8. The molecule has 0 fully saturated rings. The third kappa shape index (κ3) is 5.15. The summed E-state index contributed by atoms with van der Waals surface area (Å²) in [7, 11) is -4.14. The molecule has 6 heteroatoms. The molecule has 2 aromatic heterocycles. The van der Waals surface area contributed by atoms with E-state index in [4.69, 9.17) is 0 Å². The SMILES string of the molecule is Cc1cc(C)cc(-[n+]2ccc(-c3cc[n+](-c4ccccc4CP(=O)(O)O)cc3)cc2)c1. The smallest absolute Gasteiger partial charge is 0.324 e. The van der Waals surface area contributed by atoms with Crippen LogP contribution in [-0.2, 0) is 10.7 Å². The van der Waals surface area contributed by atoms with Gasteiger partial charge in [-0.05, 0) is 36.1 Å². The van der Waals surface area contributed by atoms with Crippen molar-refractivity contribution in [1.82, 2.24) is 0 Å². The van der Waals surface area contributed by atoms with Gasteiger partial charge >= 0.3 is 7.60 Å². The summed E-state index contributed by atoms with van der Waals surface area (Å²) < 4.78 is 15.5. The Balaban J connectivity index is 1.60. The fourth-order valence-corrected chi connectivity index (χ4v) is 4.50. The molecule has 0 atom stereocenters. The molecule has 0 bridgehead atoms. The lowest BCUT2D eigenvalue weighted by Gasteiger charge is -2.07.